The first-order chi connectivity index (χ1) is 22.9. The average Bonchev–Trinajstić information content (AvgIpc) is 3.56. The molecule has 47 heavy (non-hydrogen) atoms. The van der Waals surface area contributed by atoms with E-state index in [1.807, 2.05) is 48.7 Å². The lowest BCUT2D eigenvalue weighted by molar-refractivity contribution is -0.111. The first-order valence-electron chi connectivity index (χ1n) is 15.3. The number of methoxy groups -OCH3 is 2. The largest absolute Gasteiger partial charge is 0.493 e. The van der Waals surface area contributed by atoms with Crippen LogP contribution in [0.1, 0.15) is 5.56 Å². The number of hydrogen-bond acceptors (Lipinski definition) is 9. The summed E-state index contributed by atoms with van der Waals surface area (Å²) in [6.45, 7) is 3.52. The molecule has 0 bridgehead atoms. The molecule has 12 nitrogen and oxygen atoms in total. The number of sulfonamides is 1. The maximum absolute atomic E-state index is 13.5. The molecule has 3 heterocycles. The third-order valence-electron chi connectivity index (χ3n) is 8.02. The number of para-hydroxylation sites is 1. The van der Waals surface area contributed by atoms with Crippen LogP contribution in [0.3, 0.4) is 0 Å². The number of hydrogen-bond donors (Lipinski definition) is 1. The number of morpholine rings is 2. The van der Waals surface area contributed by atoms with Gasteiger partial charge in [-0.2, -0.15) is 9.40 Å². The highest BCUT2D eigenvalue weighted by molar-refractivity contribution is 7.89. The minimum absolute atomic E-state index is 0.107. The highest BCUT2D eigenvalue weighted by atomic mass is 32.2. The van der Waals surface area contributed by atoms with Crippen LogP contribution >= 0.6 is 0 Å². The van der Waals surface area contributed by atoms with Crippen LogP contribution in [0.4, 0.5) is 11.4 Å². The second-order valence-electron chi connectivity index (χ2n) is 10.9. The second-order valence-corrected chi connectivity index (χ2v) is 12.8. The summed E-state index contributed by atoms with van der Waals surface area (Å²) in [6, 6.07) is 20.1. The van der Waals surface area contributed by atoms with Crippen molar-refractivity contribution < 1.29 is 32.2 Å². The van der Waals surface area contributed by atoms with Crippen molar-refractivity contribution >= 4 is 33.4 Å². The van der Waals surface area contributed by atoms with Crippen molar-refractivity contribution in [3.63, 3.8) is 0 Å². The Morgan fingerprint density at radius 3 is 2.28 bits per heavy atom. The topological polar surface area (TPSA) is 124 Å². The van der Waals surface area contributed by atoms with Gasteiger partial charge in [0, 0.05) is 49.6 Å². The molecule has 1 amide bonds. The summed E-state index contributed by atoms with van der Waals surface area (Å²) in [5, 5.41) is 7.79. The van der Waals surface area contributed by atoms with Crippen molar-refractivity contribution in [3.05, 3.63) is 84.6 Å². The van der Waals surface area contributed by atoms with E-state index in [2.05, 4.69) is 10.2 Å². The molecule has 0 saturated carbocycles. The van der Waals surface area contributed by atoms with Gasteiger partial charge in [0.2, 0.25) is 15.9 Å². The van der Waals surface area contributed by atoms with E-state index in [0.717, 1.165) is 16.9 Å². The number of anilines is 2. The maximum atomic E-state index is 13.5. The second kappa shape index (κ2) is 14.4. The lowest BCUT2D eigenvalue weighted by Crippen LogP contribution is -2.40. The van der Waals surface area contributed by atoms with E-state index in [0.29, 0.717) is 68.0 Å². The van der Waals surface area contributed by atoms with Gasteiger partial charge in [-0.25, -0.2) is 13.1 Å². The smallest absolute Gasteiger partial charge is 0.248 e. The van der Waals surface area contributed by atoms with Gasteiger partial charge in [0.25, 0.3) is 0 Å². The quantitative estimate of drug-likeness (QED) is 0.251. The van der Waals surface area contributed by atoms with Gasteiger partial charge in [-0.1, -0.05) is 18.2 Å². The number of ether oxygens (including phenoxy) is 4. The van der Waals surface area contributed by atoms with Crippen LogP contribution in [0.2, 0.25) is 0 Å². The molecule has 13 heteroatoms. The van der Waals surface area contributed by atoms with Gasteiger partial charge in [0.05, 0.1) is 62.6 Å². The zero-order chi connectivity index (χ0) is 32.8. The van der Waals surface area contributed by atoms with Gasteiger partial charge in [-0.15, -0.1) is 0 Å². The Bertz CT molecular complexity index is 1850. The highest BCUT2D eigenvalue weighted by Gasteiger charge is 2.28. The molecule has 1 aromatic heterocycles. The van der Waals surface area contributed by atoms with Crippen LogP contribution in [0.15, 0.2) is 83.9 Å². The fourth-order valence-electron chi connectivity index (χ4n) is 5.56. The monoisotopic (exact) mass is 659 g/mol. The van der Waals surface area contributed by atoms with Crippen molar-refractivity contribution in [1.82, 2.24) is 14.1 Å². The molecule has 2 fully saturated rings. The van der Waals surface area contributed by atoms with Gasteiger partial charge in [0.1, 0.15) is 5.69 Å². The van der Waals surface area contributed by atoms with E-state index >= 15 is 0 Å². The van der Waals surface area contributed by atoms with Crippen LogP contribution in [0.5, 0.6) is 11.5 Å². The molecule has 0 spiro atoms. The molecule has 246 valence electrons. The fourth-order valence-corrected chi connectivity index (χ4v) is 7.00. The van der Waals surface area contributed by atoms with Crippen LogP contribution in [-0.4, -0.2) is 95.2 Å². The van der Waals surface area contributed by atoms with Crippen molar-refractivity contribution in [1.29, 1.82) is 0 Å². The van der Waals surface area contributed by atoms with Crippen molar-refractivity contribution in [2.24, 2.45) is 0 Å². The summed E-state index contributed by atoms with van der Waals surface area (Å²) >= 11 is 0. The molecule has 3 aromatic carbocycles. The summed E-state index contributed by atoms with van der Waals surface area (Å²) in [5.41, 5.74) is 4.06. The number of aromatic nitrogens is 2. The zero-order valence-corrected chi connectivity index (χ0v) is 27.1. The van der Waals surface area contributed by atoms with Crippen LogP contribution in [0.25, 0.3) is 23.0 Å². The molecule has 6 rings (SSSR count). The molecule has 2 aliphatic heterocycles. The normalized spacial score (nSPS) is 15.9. The van der Waals surface area contributed by atoms with E-state index < -0.39 is 15.9 Å². The van der Waals surface area contributed by atoms with Crippen molar-refractivity contribution in [3.8, 4) is 28.4 Å². The summed E-state index contributed by atoms with van der Waals surface area (Å²) in [7, 11) is -0.636. The Labute approximate surface area is 274 Å². The number of nitrogens with zero attached hydrogens (tertiary/aromatic N) is 4. The summed E-state index contributed by atoms with van der Waals surface area (Å²) in [6.07, 6.45) is 4.96. The molecular formula is C34H37N5O7S. The Balaban J connectivity index is 1.33. The highest BCUT2D eigenvalue weighted by Crippen LogP contribution is 2.34. The molecular weight excluding hydrogens is 622 g/mol. The first-order valence-corrected chi connectivity index (χ1v) is 16.7. The van der Waals surface area contributed by atoms with Crippen LogP contribution < -0.4 is 19.7 Å². The molecule has 0 unspecified atom stereocenters. The van der Waals surface area contributed by atoms with Crippen molar-refractivity contribution in [2.75, 3.05) is 77.0 Å². The van der Waals surface area contributed by atoms with E-state index in [4.69, 9.17) is 24.0 Å². The van der Waals surface area contributed by atoms with Crippen molar-refractivity contribution in [2.45, 2.75) is 4.90 Å². The van der Waals surface area contributed by atoms with Gasteiger partial charge in [0.15, 0.2) is 11.5 Å². The summed E-state index contributed by atoms with van der Waals surface area (Å²) < 4.78 is 51.9. The third-order valence-corrected chi connectivity index (χ3v) is 9.91. The van der Waals surface area contributed by atoms with E-state index in [9.17, 15) is 13.2 Å². The Hall–Kier alpha value is -4.69. The average molecular weight is 660 g/mol. The molecule has 2 aliphatic rings. The first kappa shape index (κ1) is 32.3. The number of benzene rings is 3. The van der Waals surface area contributed by atoms with Gasteiger partial charge in [-0.05, 0) is 54.6 Å². The molecule has 0 aliphatic carbocycles. The van der Waals surface area contributed by atoms with E-state index in [1.54, 1.807) is 43.2 Å². The number of carbonyl (C=O) groups is 1. The Morgan fingerprint density at radius 2 is 1.57 bits per heavy atom. The van der Waals surface area contributed by atoms with Crippen LogP contribution in [0, 0.1) is 0 Å². The zero-order valence-electron chi connectivity index (χ0n) is 26.3. The Kier molecular flexibility index (Phi) is 9.87. The summed E-state index contributed by atoms with van der Waals surface area (Å²) in [4.78, 5) is 15.7. The standard InChI is InChI=1S/C34H37N5O7S/c1-43-31-12-8-25(22-32(31)44-2)34-26(24-39(36-34)27-6-4-3-5-7-27)9-13-33(40)35-29-23-28(47(41,42)38-16-20-46-21-17-38)10-11-30(29)37-14-18-45-19-15-37/h3-13,22-24H,14-21H2,1-2H3,(H,35,40). The molecule has 0 radical (unpaired) electrons. The number of amides is 1. The Morgan fingerprint density at radius 1 is 0.872 bits per heavy atom. The van der Waals surface area contributed by atoms with E-state index in [-0.39, 0.29) is 18.0 Å². The molecule has 1 N–H and O–H groups in total. The SMILES string of the molecule is COc1ccc(-c2nn(-c3ccccc3)cc2C=CC(=O)Nc2cc(S(=O)(=O)N3CCOCC3)ccc2N2CCOCC2)cc1OC. The van der Waals surface area contributed by atoms with Crippen LogP contribution in [-0.2, 0) is 24.3 Å². The number of nitrogens with one attached hydrogen (secondary N) is 1. The number of carbonyl (C=O) groups excluding carboxylic acids is 1. The lowest BCUT2D eigenvalue weighted by Gasteiger charge is -2.31. The lowest BCUT2D eigenvalue weighted by atomic mass is 10.1. The van der Waals surface area contributed by atoms with Gasteiger partial charge in [-0.3, -0.25) is 4.79 Å². The predicted molar refractivity (Wildman–Crippen MR) is 179 cm³/mol. The van der Waals surface area contributed by atoms with Gasteiger partial charge >= 0.3 is 0 Å². The maximum Gasteiger partial charge on any atom is 0.248 e. The fraction of sp³-hybridized carbons (Fsp3) is 0.294. The summed E-state index contributed by atoms with van der Waals surface area (Å²) in [5.74, 6) is 0.713. The number of rotatable bonds is 10. The third kappa shape index (κ3) is 7.18. The minimum atomic E-state index is -3.78. The van der Waals surface area contributed by atoms with Gasteiger partial charge < -0.3 is 29.2 Å². The molecule has 2 saturated heterocycles. The predicted octanol–water partition coefficient (Wildman–Crippen LogP) is 4.07. The molecule has 4 aromatic rings. The molecule has 0 atom stereocenters. The van der Waals surface area contributed by atoms with E-state index in [1.165, 1.54) is 16.4 Å². The minimum Gasteiger partial charge on any atom is -0.493 e.